The summed E-state index contributed by atoms with van der Waals surface area (Å²) in [7, 11) is 0. The molecule has 0 aromatic heterocycles. The van der Waals surface area contributed by atoms with Crippen molar-refractivity contribution in [3.63, 3.8) is 0 Å². The molecule has 0 fully saturated rings. The molecule has 8 heteroatoms. The summed E-state index contributed by atoms with van der Waals surface area (Å²) in [5.41, 5.74) is 0.0515. The lowest BCUT2D eigenvalue weighted by Gasteiger charge is -2.26. The van der Waals surface area contributed by atoms with Crippen molar-refractivity contribution in [2.45, 2.75) is 62.8 Å². The molecule has 1 aliphatic rings. The average Bonchev–Trinajstić information content (AvgIpc) is 2.63. The summed E-state index contributed by atoms with van der Waals surface area (Å²) in [6, 6.07) is 5.07. The zero-order valence-corrected chi connectivity index (χ0v) is 17.6. The van der Waals surface area contributed by atoms with Crippen LogP contribution in [-0.4, -0.2) is 28.5 Å². The first kappa shape index (κ1) is 23.3. The first-order chi connectivity index (χ1) is 13.7. The topological polar surface area (TPSA) is 58.9 Å². The molecule has 0 spiro atoms. The van der Waals surface area contributed by atoms with Gasteiger partial charge < -0.3 is 9.94 Å². The van der Waals surface area contributed by atoms with Crippen molar-refractivity contribution in [3.8, 4) is 0 Å². The van der Waals surface area contributed by atoms with Gasteiger partial charge in [0.25, 0.3) is 0 Å². The summed E-state index contributed by atoms with van der Waals surface area (Å²) in [6.45, 7) is 5.99. The molecule has 0 bridgehead atoms. The van der Waals surface area contributed by atoms with Crippen LogP contribution in [0.25, 0.3) is 0 Å². The van der Waals surface area contributed by atoms with Crippen molar-refractivity contribution < 1.29 is 27.9 Å². The molecule has 2 unspecified atom stereocenters. The van der Waals surface area contributed by atoms with Crippen LogP contribution >= 0.6 is 11.8 Å². The highest BCUT2D eigenvalue weighted by Gasteiger charge is 2.32. The lowest BCUT2D eigenvalue weighted by molar-refractivity contribution is -0.137. The highest BCUT2D eigenvalue weighted by molar-refractivity contribution is 7.99. The molecule has 2 rings (SSSR count). The molecule has 0 saturated heterocycles. The Morgan fingerprint density at radius 3 is 2.45 bits per heavy atom. The van der Waals surface area contributed by atoms with Gasteiger partial charge in [0, 0.05) is 23.0 Å². The van der Waals surface area contributed by atoms with Crippen LogP contribution in [0.3, 0.4) is 0 Å². The van der Waals surface area contributed by atoms with Gasteiger partial charge in [-0.25, -0.2) is 0 Å². The van der Waals surface area contributed by atoms with Gasteiger partial charge in [0.1, 0.15) is 12.4 Å². The summed E-state index contributed by atoms with van der Waals surface area (Å²) in [6.07, 6.45) is -2.51. The number of carbonyl (C=O) groups excluding carboxylic acids is 1. The highest BCUT2D eigenvalue weighted by Crippen LogP contribution is 2.36. The number of halogens is 3. The fourth-order valence-electron chi connectivity index (χ4n) is 3.37. The van der Waals surface area contributed by atoms with E-state index in [2.05, 4.69) is 5.16 Å². The molecule has 0 aliphatic heterocycles. The summed E-state index contributed by atoms with van der Waals surface area (Å²) in [5, 5.41) is 14.5. The number of rotatable bonds is 8. The Hall–Kier alpha value is -1.96. The average molecular weight is 430 g/mol. The lowest BCUT2D eigenvalue weighted by atomic mass is 9.82. The van der Waals surface area contributed by atoms with Gasteiger partial charge in [-0.1, -0.05) is 19.0 Å². The molecule has 2 atom stereocenters. The van der Waals surface area contributed by atoms with E-state index in [4.69, 9.17) is 4.84 Å². The van der Waals surface area contributed by atoms with Gasteiger partial charge >= 0.3 is 6.18 Å². The third-order valence-electron chi connectivity index (χ3n) is 4.63. The van der Waals surface area contributed by atoms with Crippen LogP contribution in [0.15, 0.2) is 45.6 Å². The number of oxime groups is 1. The van der Waals surface area contributed by atoms with Crippen molar-refractivity contribution in [1.29, 1.82) is 0 Å². The first-order valence-electron chi connectivity index (χ1n) is 9.64. The van der Waals surface area contributed by atoms with Crippen LogP contribution in [0.2, 0.25) is 0 Å². The Balaban J connectivity index is 2.00. The van der Waals surface area contributed by atoms with E-state index in [0.717, 1.165) is 17.0 Å². The molecular formula is C21H26F3NO3S. The quantitative estimate of drug-likeness (QED) is 0.305. The number of ketones is 1. The minimum Gasteiger partial charge on any atom is -0.511 e. The smallest absolute Gasteiger partial charge is 0.416 e. The molecule has 0 amide bonds. The normalized spacial score (nSPS) is 19.4. The van der Waals surface area contributed by atoms with E-state index in [9.17, 15) is 23.1 Å². The maximum atomic E-state index is 12.7. The van der Waals surface area contributed by atoms with Crippen molar-refractivity contribution in [2.75, 3.05) is 6.61 Å². The molecule has 0 radical (unpaired) electrons. The summed E-state index contributed by atoms with van der Waals surface area (Å²) >= 11 is 1.46. The predicted molar refractivity (Wildman–Crippen MR) is 108 cm³/mol. The number of alkyl halides is 3. The monoisotopic (exact) mass is 429 g/mol. The van der Waals surface area contributed by atoms with E-state index < -0.39 is 11.7 Å². The van der Waals surface area contributed by atoms with E-state index >= 15 is 0 Å². The maximum absolute atomic E-state index is 12.7. The molecule has 0 heterocycles. The number of carbonyl (C=O) groups is 1. The minimum absolute atomic E-state index is 0.0200. The van der Waals surface area contributed by atoms with Crippen LogP contribution in [0.5, 0.6) is 0 Å². The van der Waals surface area contributed by atoms with Gasteiger partial charge in [-0.05, 0) is 49.9 Å². The first-order valence-corrected chi connectivity index (χ1v) is 10.5. The number of benzene rings is 1. The van der Waals surface area contributed by atoms with Gasteiger partial charge in [0.15, 0.2) is 5.78 Å². The number of thioether (sulfide) groups is 1. The van der Waals surface area contributed by atoms with Gasteiger partial charge in [-0.3, -0.25) is 4.79 Å². The van der Waals surface area contributed by atoms with Crippen LogP contribution in [0.1, 0.15) is 52.0 Å². The summed E-state index contributed by atoms with van der Waals surface area (Å²) in [5.74, 6) is -0.127. The van der Waals surface area contributed by atoms with Crippen LogP contribution in [0, 0.1) is 5.92 Å². The number of allylic oxidation sites excluding steroid dienone is 2. The van der Waals surface area contributed by atoms with E-state index in [-0.39, 0.29) is 28.3 Å². The number of hydrogen-bond acceptors (Lipinski definition) is 5. The molecule has 1 aromatic carbocycles. The molecular weight excluding hydrogens is 403 g/mol. The molecule has 29 heavy (non-hydrogen) atoms. The zero-order valence-electron chi connectivity index (χ0n) is 16.8. The molecule has 4 nitrogen and oxygen atoms in total. The third kappa shape index (κ3) is 6.52. The molecule has 1 N–H and O–H groups in total. The fraction of sp³-hybridized carbons (Fsp3) is 0.524. The second-order valence-corrected chi connectivity index (χ2v) is 8.53. The Morgan fingerprint density at radius 1 is 1.28 bits per heavy atom. The van der Waals surface area contributed by atoms with Gasteiger partial charge in [0.05, 0.1) is 16.8 Å². The van der Waals surface area contributed by atoms with Crippen LogP contribution < -0.4 is 0 Å². The number of hydrogen-bond donors (Lipinski definition) is 1. The second kappa shape index (κ2) is 10.2. The molecule has 1 aromatic rings. The number of aliphatic hydroxyl groups is 1. The second-order valence-electron chi connectivity index (χ2n) is 7.01. The maximum Gasteiger partial charge on any atom is 0.416 e. The van der Waals surface area contributed by atoms with Crippen LogP contribution in [-0.2, 0) is 15.8 Å². The molecule has 0 saturated carbocycles. The largest absolute Gasteiger partial charge is 0.511 e. The third-order valence-corrected chi connectivity index (χ3v) is 5.77. The Labute approximate surface area is 173 Å². The Morgan fingerprint density at radius 2 is 1.93 bits per heavy atom. The minimum atomic E-state index is -4.35. The van der Waals surface area contributed by atoms with E-state index in [1.807, 2.05) is 13.8 Å². The SMILES string of the molecule is CCO/N=C(/CC)C1=C(O)CC(CC(C)Sc2ccc(C(F)(F)F)cc2)CC1=O. The molecule has 1 aliphatic carbocycles. The van der Waals surface area contributed by atoms with Gasteiger partial charge in [-0.2, -0.15) is 13.2 Å². The highest BCUT2D eigenvalue weighted by atomic mass is 32.2. The van der Waals surface area contributed by atoms with Gasteiger partial charge in [-0.15, -0.1) is 11.8 Å². The van der Waals surface area contributed by atoms with Crippen molar-refractivity contribution in [2.24, 2.45) is 11.1 Å². The number of Topliss-reactive ketones (excluding diaryl/α,β-unsaturated/α-hetero) is 1. The number of nitrogens with zero attached hydrogens (tertiary/aromatic N) is 1. The van der Waals surface area contributed by atoms with Crippen molar-refractivity contribution >= 4 is 23.3 Å². The number of aliphatic hydroxyl groups excluding tert-OH is 1. The lowest BCUT2D eigenvalue weighted by Crippen LogP contribution is -2.26. The zero-order chi connectivity index (χ0) is 21.6. The van der Waals surface area contributed by atoms with E-state index in [0.29, 0.717) is 38.0 Å². The molecule has 160 valence electrons. The van der Waals surface area contributed by atoms with Crippen LogP contribution in [0.4, 0.5) is 13.2 Å². The van der Waals surface area contributed by atoms with Crippen molar-refractivity contribution in [3.05, 3.63) is 41.2 Å². The van der Waals surface area contributed by atoms with E-state index in [1.54, 1.807) is 6.92 Å². The summed E-state index contributed by atoms with van der Waals surface area (Å²) in [4.78, 5) is 18.4. The van der Waals surface area contributed by atoms with E-state index in [1.165, 1.54) is 23.9 Å². The predicted octanol–water partition coefficient (Wildman–Crippen LogP) is 6.17. The summed E-state index contributed by atoms with van der Waals surface area (Å²) < 4.78 is 38.0. The fourth-order valence-corrected chi connectivity index (χ4v) is 4.49. The Bertz CT molecular complexity index is 772. The standard InChI is InChI=1S/C21H26F3NO3S/c1-4-17(25-28-5-2)20-18(26)11-14(12-19(20)27)10-13(3)29-16-8-6-15(7-9-16)21(22,23)24/h6-9,13-14,26H,4-5,10-12H2,1-3H3/b25-17-. The Kier molecular flexibility index (Phi) is 8.19. The van der Waals surface area contributed by atoms with Crippen molar-refractivity contribution in [1.82, 2.24) is 0 Å². The van der Waals surface area contributed by atoms with Gasteiger partial charge in [0.2, 0.25) is 0 Å².